The largest absolute Gasteiger partial charge is 0.487 e. The van der Waals surface area contributed by atoms with E-state index in [-0.39, 0.29) is 30.4 Å². The topological polar surface area (TPSA) is 64.2 Å². The van der Waals surface area contributed by atoms with Crippen LogP contribution in [0.4, 0.5) is 32.0 Å². The minimum Gasteiger partial charge on any atom is -0.487 e. The molecule has 3 aromatic rings. The van der Waals surface area contributed by atoms with E-state index in [0.717, 1.165) is 16.7 Å². The van der Waals surface area contributed by atoms with Gasteiger partial charge >= 0.3 is 6.18 Å². The lowest BCUT2D eigenvalue weighted by atomic mass is 10.2. The Kier molecular flexibility index (Phi) is 8.10. The fourth-order valence-corrected chi connectivity index (χ4v) is 3.24. The standard InChI is InChI=1S/C23H23F6N5O2/c1-5-33(3)12-30-20-17(24)18(25)22-21(19(20)26)31-13(2)34(22)10-15(32-35-4)11-36-16-8-6-7-14(9-16)23(27,28)29/h6-9,12H,5,10-11H2,1-4H3. The maximum Gasteiger partial charge on any atom is 0.416 e. The summed E-state index contributed by atoms with van der Waals surface area (Å²) in [5, 5.41) is 3.77. The minimum absolute atomic E-state index is 0.0872. The van der Waals surface area contributed by atoms with E-state index in [0.29, 0.717) is 6.54 Å². The first-order valence-electron chi connectivity index (χ1n) is 10.6. The van der Waals surface area contributed by atoms with Crippen LogP contribution in [-0.4, -0.2) is 53.8 Å². The van der Waals surface area contributed by atoms with Gasteiger partial charge in [0.05, 0.1) is 18.4 Å². The molecule has 0 aliphatic rings. The summed E-state index contributed by atoms with van der Waals surface area (Å²) in [5.74, 6) is -3.97. The summed E-state index contributed by atoms with van der Waals surface area (Å²) in [7, 11) is 2.85. The van der Waals surface area contributed by atoms with Gasteiger partial charge in [0.25, 0.3) is 0 Å². The lowest BCUT2D eigenvalue weighted by molar-refractivity contribution is -0.137. The SMILES string of the molecule is CCN(C)C=Nc1c(F)c(F)c2c(nc(C)n2CC(COc2cccc(C(F)(F)F)c2)=NOC)c1F. The zero-order valence-electron chi connectivity index (χ0n) is 19.8. The van der Waals surface area contributed by atoms with Gasteiger partial charge in [-0.25, -0.2) is 23.1 Å². The average molecular weight is 515 g/mol. The van der Waals surface area contributed by atoms with E-state index in [1.165, 1.54) is 32.5 Å². The number of benzene rings is 2. The van der Waals surface area contributed by atoms with Gasteiger partial charge in [0.1, 0.15) is 47.7 Å². The molecule has 0 bridgehead atoms. The zero-order valence-corrected chi connectivity index (χ0v) is 19.8. The summed E-state index contributed by atoms with van der Waals surface area (Å²) in [6, 6.07) is 4.20. The van der Waals surface area contributed by atoms with Crippen molar-refractivity contribution in [1.82, 2.24) is 14.5 Å². The first-order chi connectivity index (χ1) is 17.0. The third-order valence-electron chi connectivity index (χ3n) is 5.19. The Bertz CT molecular complexity index is 1300. The molecule has 0 spiro atoms. The molecule has 3 rings (SSSR count). The van der Waals surface area contributed by atoms with E-state index in [2.05, 4.69) is 15.1 Å². The second-order valence-corrected chi connectivity index (χ2v) is 7.71. The van der Waals surface area contributed by atoms with Gasteiger partial charge < -0.3 is 19.0 Å². The molecule has 0 N–H and O–H groups in total. The Morgan fingerprint density at radius 3 is 2.53 bits per heavy atom. The predicted octanol–water partition coefficient (Wildman–Crippen LogP) is 5.47. The molecule has 0 saturated heterocycles. The van der Waals surface area contributed by atoms with E-state index in [9.17, 15) is 17.6 Å². The molecule has 13 heteroatoms. The van der Waals surface area contributed by atoms with Crippen LogP contribution in [0.25, 0.3) is 11.0 Å². The van der Waals surface area contributed by atoms with Crippen LogP contribution >= 0.6 is 0 Å². The van der Waals surface area contributed by atoms with Crippen molar-refractivity contribution in [2.24, 2.45) is 10.1 Å². The molecule has 0 aliphatic carbocycles. The van der Waals surface area contributed by atoms with E-state index in [1.807, 2.05) is 0 Å². The number of oxime groups is 1. The van der Waals surface area contributed by atoms with Crippen LogP contribution in [-0.2, 0) is 17.6 Å². The van der Waals surface area contributed by atoms with Gasteiger partial charge in [-0.15, -0.1) is 0 Å². The van der Waals surface area contributed by atoms with E-state index in [4.69, 9.17) is 9.57 Å². The van der Waals surface area contributed by atoms with Crippen molar-refractivity contribution in [3.05, 3.63) is 53.1 Å². The molecular formula is C23H23F6N5O2. The summed E-state index contributed by atoms with van der Waals surface area (Å²) < 4.78 is 90.3. The number of aliphatic imine (C=N–C) groups is 1. The van der Waals surface area contributed by atoms with E-state index in [1.54, 1.807) is 18.9 Å². The lowest BCUT2D eigenvalue weighted by Crippen LogP contribution is -2.20. The van der Waals surface area contributed by atoms with E-state index < -0.39 is 45.9 Å². The molecule has 7 nitrogen and oxygen atoms in total. The second kappa shape index (κ2) is 10.9. The number of hydrogen-bond donors (Lipinski definition) is 0. The molecule has 2 aromatic carbocycles. The van der Waals surface area contributed by atoms with Gasteiger partial charge in [0.15, 0.2) is 17.5 Å². The average Bonchev–Trinajstić information content (AvgIpc) is 3.16. The normalized spacial score (nSPS) is 12.6. The third-order valence-corrected chi connectivity index (χ3v) is 5.19. The highest BCUT2D eigenvalue weighted by atomic mass is 19.4. The smallest absolute Gasteiger partial charge is 0.416 e. The Labute approximate surface area is 202 Å². The molecular weight excluding hydrogens is 492 g/mol. The van der Waals surface area contributed by atoms with Gasteiger partial charge in [-0.1, -0.05) is 11.2 Å². The number of hydrogen-bond acceptors (Lipinski definition) is 5. The summed E-state index contributed by atoms with van der Waals surface area (Å²) in [6.07, 6.45) is -3.39. The summed E-state index contributed by atoms with van der Waals surface area (Å²) >= 11 is 0. The molecule has 194 valence electrons. The van der Waals surface area contributed by atoms with Crippen molar-refractivity contribution < 1.29 is 35.9 Å². The molecule has 0 fully saturated rings. The van der Waals surface area contributed by atoms with Gasteiger partial charge in [-0.3, -0.25) is 0 Å². The van der Waals surface area contributed by atoms with Crippen LogP contribution in [0.15, 0.2) is 34.4 Å². The van der Waals surface area contributed by atoms with E-state index >= 15 is 8.78 Å². The number of rotatable bonds is 9. The molecule has 0 amide bonds. The molecule has 0 atom stereocenters. The number of nitrogens with zero attached hydrogens (tertiary/aromatic N) is 5. The summed E-state index contributed by atoms with van der Waals surface area (Å²) in [5.41, 5.74) is -2.53. The minimum atomic E-state index is -4.56. The highest BCUT2D eigenvalue weighted by molar-refractivity contribution is 5.88. The summed E-state index contributed by atoms with van der Waals surface area (Å²) in [6.45, 7) is 3.13. The molecule has 0 aliphatic heterocycles. The lowest BCUT2D eigenvalue weighted by Gasteiger charge is -2.13. The fraction of sp³-hybridized carbons (Fsp3) is 0.348. The predicted molar refractivity (Wildman–Crippen MR) is 122 cm³/mol. The van der Waals surface area contributed by atoms with Crippen molar-refractivity contribution in [1.29, 1.82) is 0 Å². The molecule has 1 aromatic heterocycles. The highest BCUT2D eigenvalue weighted by Crippen LogP contribution is 2.34. The Hall–Kier alpha value is -3.77. The van der Waals surface area contributed by atoms with Gasteiger partial charge in [0.2, 0.25) is 0 Å². The number of halogens is 6. The van der Waals surface area contributed by atoms with Crippen molar-refractivity contribution in [3.8, 4) is 5.75 Å². The van der Waals surface area contributed by atoms with Crippen molar-refractivity contribution >= 4 is 28.8 Å². The van der Waals surface area contributed by atoms with Crippen LogP contribution in [0.2, 0.25) is 0 Å². The number of alkyl halides is 3. The highest BCUT2D eigenvalue weighted by Gasteiger charge is 2.31. The first-order valence-corrected chi connectivity index (χ1v) is 10.6. The fourth-order valence-electron chi connectivity index (χ4n) is 3.24. The van der Waals surface area contributed by atoms with Gasteiger partial charge in [-0.2, -0.15) is 13.2 Å². The van der Waals surface area contributed by atoms with Crippen LogP contribution < -0.4 is 4.74 Å². The van der Waals surface area contributed by atoms with Crippen molar-refractivity contribution in [2.45, 2.75) is 26.6 Å². The first kappa shape index (κ1) is 26.8. The van der Waals surface area contributed by atoms with Crippen LogP contribution in [0, 0.1) is 24.4 Å². The molecule has 0 unspecified atom stereocenters. The van der Waals surface area contributed by atoms with Crippen LogP contribution in [0.3, 0.4) is 0 Å². The molecule has 0 saturated carbocycles. The monoisotopic (exact) mass is 515 g/mol. The second-order valence-electron chi connectivity index (χ2n) is 7.71. The Morgan fingerprint density at radius 1 is 1.17 bits per heavy atom. The number of aromatic nitrogens is 2. The Balaban J connectivity index is 1.94. The van der Waals surface area contributed by atoms with Gasteiger partial charge in [-0.05, 0) is 32.0 Å². The maximum absolute atomic E-state index is 15.1. The Morgan fingerprint density at radius 2 is 1.89 bits per heavy atom. The summed E-state index contributed by atoms with van der Waals surface area (Å²) in [4.78, 5) is 14.1. The van der Waals surface area contributed by atoms with Crippen LogP contribution in [0.1, 0.15) is 18.3 Å². The zero-order chi connectivity index (χ0) is 26.6. The van der Waals surface area contributed by atoms with Gasteiger partial charge in [0, 0.05) is 13.6 Å². The molecule has 36 heavy (non-hydrogen) atoms. The maximum atomic E-state index is 15.1. The molecule has 0 radical (unpaired) electrons. The number of aryl methyl sites for hydroxylation is 1. The number of fused-ring (bicyclic) bond motifs is 1. The number of ether oxygens (including phenoxy) is 1. The third kappa shape index (κ3) is 5.71. The van der Waals surface area contributed by atoms with Crippen molar-refractivity contribution in [3.63, 3.8) is 0 Å². The van der Waals surface area contributed by atoms with Crippen molar-refractivity contribution in [2.75, 3.05) is 27.3 Å². The molecule has 1 heterocycles. The number of imidazole rings is 1. The van der Waals surface area contributed by atoms with Crippen LogP contribution in [0.5, 0.6) is 5.75 Å². The quantitative estimate of drug-likeness (QED) is 0.125.